The van der Waals surface area contributed by atoms with E-state index >= 15 is 0 Å². The normalized spacial score (nSPS) is 10.6. The van der Waals surface area contributed by atoms with Crippen molar-refractivity contribution in [3.63, 3.8) is 0 Å². The zero-order valence-electron chi connectivity index (χ0n) is 10.2. The molecule has 2 rings (SSSR count). The molecule has 3 N–H and O–H groups in total. The molecule has 0 aliphatic rings. The molecule has 8 nitrogen and oxygen atoms in total. The molecule has 96 valence electrons. The van der Waals surface area contributed by atoms with E-state index in [0.29, 0.717) is 23.5 Å². The summed E-state index contributed by atoms with van der Waals surface area (Å²) in [7, 11) is 3.17. The molecule has 0 radical (unpaired) electrons. The van der Waals surface area contributed by atoms with Crippen LogP contribution in [-0.4, -0.2) is 46.6 Å². The Balaban J connectivity index is 2.23. The zero-order chi connectivity index (χ0) is 13.1. The molecular weight excluding hydrogens is 236 g/mol. The Morgan fingerprint density at radius 3 is 3.06 bits per heavy atom. The van der Waals surface area contributed by atoms with E-state index in [-0.39, 0.29) is 18.3 Å². The van der Waals surface area contributed by atoms with Gasteiger partial charge in [0.25, 0.3) is 0 Å². The van der Waals surface area contributed by atoms with Crippen molar-refractivity contribution in [2.24, 2.45) is 0 Å². The highest BCUT2D eigenvalue weighted by Gasteiger charge is 2.13. The lowest BCUT2D eigenvalue weighted by Crippen LogP contribution is -2.23. The summed E-state index contributed by atoms with van der Waals surface area (Å²) >= 11 is 0. The summed E-state index contributed by atoms with van der Waals surface area (Å²) < 4.78 is 4.59. The van der Waals surface area contributed by atoms with E-state index < -0.39 is 0 Å². The van der Waals surface area contributed by atoms with Gasteiger partial charge in [0.05, 0.1) is 19.9 Å². The van der Waals surface area contributed by atoms with Crippen molar-refractivity contribution in [3.8, 4) is 0 Å². The SMILES string of the molecule is COC(=O)CCN(C)c1nc(N)nc2nc[nH]c12. The first-order chi connectivity index (χ1) is 8.61. The van der Waals surface area contributed by atoms with Crippen LogP contribution in [-0.2, 0) is 9.53 Å². The lowest BCUT2D eigenvalue weighted by Gasteiger charge is -2.17. The molecule has 18 heavy (non-hydrogen) atoms. The van der Waals surface area contributed by atoms with Crippen LogP contribution in [0.3, 0.4) is 0 Å². The van der Waals surface area contributed by atoms with Gasteiger partial charge < -0.3 is 20.4 Å². The number of rotatable bonds is 4. The van der Waals surface area contributed by atoms with E-state index in [0.717, 1.165) is 0 Å². The molecule has 0 saturated heterocycles. The molecule has 0 unspecified atom stereocenters. The van der Waals surface area contributed by atoms with Crippen LogP contribution in [0.4, 0.5) is 11.8 Å². The molecule has 2 heterocycles. The standard InChI is InChI=1S/C10H14N6O2/c1-16(4-3-6(17)18-2)9-7-8(13-5-12-7)14-10(11)15-9/h5H,3-4H2,1-2H3,(H3,11,12,13,14,15). The first-order valence-electron chi connectivity index (χ1n) is 5.36. The number of methoxy groups -OCH3 is 1. The van der Waals surface area contributed by atoms with Crippen LogP contribution >= 0.6 is 0 Å². The number of carbonyl (C=O) groups is 1. The van der Waals surface area contributed by atoms with E-state index in [1.54, 1.807) is 4.90 Å². The van der Waals surface area contributed by atoms with Crippen molar-refractivity contribution in [3.05, 3.63) is 6.33 Å². The Morgan fingerprint density at radius 1 is 1.56 bits per heavy atom. The van der Waals surface area contributed by atoms with Crippen molar-refractivity contribution in [2.75, 3.05) is 31.3 Å². The summed E-state index contributed by atoms with van der Waals surface area (Å²) in [4.78, 5) is 28.0. The number of ether oxygens (including phenoxy) is 1. The maximum atomic E-state index is 11.1. The summed E-state index contributed by atoms with van der Waals surface area (Å²) in [6.45, 7) is 0.469. The van der Waals surface area contributed by atoms with Gasteiger partial charge in [0.15, 0.2) is 11.5 Å². The Hall–Kier alpha value is -2.38. The minimum Gasteiger partial charge on any atom is -0.469 e. The van der Waals surface area contributed by atoms with Crippen LogP contribution in [0.25, 0.3) is 11.2 Å². The van der Waals surface area contributed by atoms with Crippen LogP contribution in [0.15, 0.2) is 6.33 Å². The predicted molar refractivity (Wildman–Crippen MR) is 66.0 cm³/mol. The first kappa shape index (κ1) is 12.1. The molecule has 0 aliphatic carbocycles. The van der Waals surface area contributed by atoms with Crippen molar-refractivity contribution in [1.29, 1.82) is 0 Å². The number of aromatic nitrogens is 4. The maximum absolute atomic E-state index is 11.1. The highest BCUT2D eigenvalue weighted by atomic mass is 16.5. The molecule has 0 bridgehead atoms. The monoisotopic (exact) mass is 250 g/mol. The van der Waals surface area contributed by atoms with E-state index in [1.165, 1.54) is 13.4 Å². The third-order valence-electron chi connectivity index (χ3n) is 2.52. The van der Waals surface area contributed by atoms with Crippen molar-refractivity contribution >= 4 is 28.9 Å². The van der Waals surface area contributed by atoms with E-state index in [4.69, 9.17) is 5.73 Å². The second-order valence-electron chi connectivity index (χ2n) is 3.75. The third kappa shape index (κ3) is 2.31. The molecular formula is C10H14N6O2. The lowest BCUT2D eigenvalue weighted by molar-refractivity contribution is -0.140. The van der Waals surface area contributed by atoms with Gasteiger partial charge in [0.2, 0.25) is 5.95 Å². The number of hydrogen-bond donors (Lipinski definition) is 2. The van der Waals surface area contributed by atoms with Crippen LogP contribution in [0.2, 0.25) is 0 Å². The number of nitrogens with two attached hydrogens (primary N) is 1. The van der Waals surface area contributed by atoms with Crippen molar-refractivity contribution in [2.45, 2.75) is 6.42 Å². The molecule has 0 amide bonds. The van der Waals surface area contributed by atoms with Gasteiger partial charge in [-0.25, -0.2) is 4.98 Å². The van der Waals surface area contributed by atoms with E-state index in [1.807, 2.05) is 7.05 Å². The Bertz CT molecular complexity index is 566. The number of hydrogen-bond acceptors (Lipinski definition) is 7. The van der Waals surface area contributed by atoms with Gasteiger partial charge in [-0.3, -0.25) is 4.79 Å². The zero-order valence-corrected chi connectivity index (χ0v) is 10.2. The molecule has 0 aromatic carbocycles. The van der Waals surface area contributed by atoms with Gasteiger partial charge in [-0.15, -0.1) is 0 Å². The largest absolute Gasteiger partial charge is 0.469 e. The minimum absolute atomic E-state index is 0.148. The summed E-state index contributed by atoms with van der Waals surface area (Å²) in [5.74, 6) is 0.484. The Kier molecular flexibility index (Phi) is 3.26. The van der Waals surface area contributed by atoms with E-state index in [9.17, 15) is 4.79 Å². The fraction of sp³-hybridized carbons (Fsp3) is 0.400. The van der Waals surface area contributed by atoms with Crippen molar-refractivity contribution < 1.29 is 9.53 Å². The second kappa shape index (κ2) is 4.86. The predicted octanol–water partition coefficient (Wildman–Crippen LogP) is -0.0656. The van der Waals surface area contributed by atoms with Gasteiger partial charge in [-0.05, 0) is 0 Å². The van der Waals surface area contributed by atoms with Crippen LogP contribution in [0, 0.1) is 0 Å². The average molecular weight is 250 g/mol. The quantitative estimate of drug-likeness (QED) is 0.731. The number of H-pyrrole nitrogens is 1. The topological polar surface area (TPSA) is 110 Å². The number of anilines is 2. The fourth-order valence-electron chi connectivity index (χ4n) is 1.58. The van der Waals surface area contributed by atoms with Gasteiger partial charge >= 0.3 is 5.97 Å². The number of nitrogens with one attached hydrogen (secondary N) is 1. The molecule has 0 atom stereocenters. The van der Waals surface area contributed by atoms with Gasteiger partial charge in [-0.1, -0.05) is 0 Å². The van der Waals surface area contributed by atoms with Crippen LogP contribution < -0.4 is 10.6 Å². The molecule has 0 spiro atoms. The minimum atomic E-state index is -0.273. The smallest absolute Gasteiger partial charge is 0.307 e. The molecule has 0 fully saturated rings. The molecule has 0 saturated carbocycles. The number of nitrogen functional groups attached to an aromatic ring is 1. The molecule has 2 aromatic rings. The molecule has 0 aliphatic heterocycles. The summed E-state index contributed by atoms with van der Waals surface area (Å²) in [5, 5.41) is 0. The molecule has 2 aromatic heterocycles. The number of carbonyl (C=O) groups excluding carboxylic acids is 1. The maximum Gasteiger partial charge on any atom is 0.307 e. The van der Waals surface area contributed by atoms with Gasteiger partial charge in [0.1, 0.15) is 5.52 Å². The first-order valence-corrected chi connectivity index (χ1v) is 5.36. The highest BCUT2D eigenvalue weighted by Crippen LogP contribution is 2.20. The van der Waals surface area contributed by atoms with Gasteiger partial charge in [0, 0.05) is 13.6 Å². The second-order valence-corrected chi connectivity index (χ2v) is 3.75. The summed E-state index contributed by atoms with van der Waals surface area (Å²) in [6.07, 6.45) is 1.79. The fourth-order valence-corrected chi connectivity index (χ4v) is 1.58. The average Bonchev–Trinajstić information content (AvgIpc) is 2.82. The lowest BCUT2D eigenvalue weighted by atomic mass is 10.3. The third-order valence-corrected chi connectivity index (χ3v) is 2.52. The summed E-state index contributed by atoms with van der Waals surface area (Å²) in [5.41, 5.74) is 6.80. The van der Waals surface area contributed by atoms with Crippen LogP contribution in [0.5, 0.6) is 0 Å². The Labute approximate surface area is 103 Å². The van der Waals surface area contributed by atoms with Crippen LogP contribution in [0.1, 0.15) is 6.42 Å². The van der Waals surface area contributed by atoms with Crippen molar-refractivity contribution in [1.82, 2.24) is 19.9 Å². The summed E-state index contributed by atoms with van der Waals surface area (Å²) in [6, 6.07) is 0. The molecule has 8 heteroatoms. The highest BCUT2D eigenvalue weighted by molar-refractivity contribution is 5.84. The van der Waals surface area contributed by atoms with Gasteiger partial charge in [-0.2, -0.15) is 9.97 Å². The number of nitrogens with zero attached hydrogens (tertiary/aromatic N) is 4. The number of imidazole rings is 1. The Morgan fingerprint density at radius 2 is 2.33 bits per heavy atom. The van der Waals surface area contributed by atoms with E-state index in [2.05, 4.69) is 24.7 Å². The number of esters is 1. The number of aromatic amines is 1. The number of fused-ring (bicyclic) bond motifs is 1.